The number of benzene rings is 1. The molecular weight excluding hydrogens is 326 g/mol. The van der Waals surface area contributed by atoms with Crippen LogP contribution in [0.5, 0.6) is 0 Å². The first kappa shape index (κ1) is 16.2. The molecule has 0 radical (unpaired) electrons. The number of carbonyl (C=O) groups is 1. The summed E-state index contributed by atoms with van der Waals surface area (Å²) in [6, 6.07) is 9.71. The summed E-state index contributed by atoms with van der Waals surface area (Å²) in [5.41, 5.74) is 6.46. The molecule has 1 N–H and O–H groups in total. The smallest absolute Gasteiger partial charge is 0.278 e. The van der Waals surface area contributed by atoms with Gasteiger partial charge < -0.3 is 5.32 Å². The van der Waals surface area contributed by atoms with Gasteiger partial charge in [-0.25, -0.2) is 9.97 Å². The van der Waals surface area contributed by atoms with E-state index >= 15 is 0 Å². The number of rotatable bonds is 2. The van der Waals surface area contributed by atoms with Crippen LogP contribution in [0.2, 0.25) is 0 Å². The van der Waals surface area contributed by atoms with Crippen molar-refractivity contribution >= 4 is 28.1 Å². The molecule has 0 bridgehead atoms. The Kier molecular flexibility index (Phi) is 3.68. The normalized spacial score (nSPS) is 11.2. The zero-order valence-electron chi connectivity index (χ0n) is 15.2. The number of imidazole rings is 1. The molecule has 0 aliphatic carbocycles. The van der Waals surface area contributed by atoms with Crippen molar-refractivity contribution in [2.45, 2.75) is 27.7 Å². The van der Waals surface area contributed by atoms with E-state index in [9.17, 15) is 4.79 Å². The maximum Gasteiger partial charge on any atom is 0.278 e. The first-order chi connectivity index (χ1) is 12.4. The van der Waals surface area contributed by atoms with Gasteiger partial charge in [-0.2, -0.15) is 0 Å². The summed E-state index contributed by atoms with van der Waals surface area (Å²) in [7, 11) is 0. The molecule has 0 saturated heterocycles. The molecule has 4 rings (SSSR count). The van der Waals surface area contributed by atoms with E-state index < -0.39 is 0 Å². The van der Waals surface area contributed by atoms with Crippen LogP contribution in [0.15, 0.2) is 36.7 Å². The maximum atomic E-state index is 12.7. The summed E-state index contributed by atoms with van der Waals surface area (Å²) < 4.78 is 1.82. The van der Waals surface area contributed by atoms with Gasteiger partial charge in [0.25, 0.3) is 5.91 Å². The fraction of sp³-hybridized carbons (Fsp3) is 0.200. The van der Waals surface area contributed by atoms with Crippen molar-refractivity contribution in [2.24, 2.45) is 0 Å². The zero-order valence-corrected chi connectivity index (χ0v) is 15.2. The predicted octanol–water partition coefficient (Wildman–Crippen LogP) is 3.76. The molecule has 4 aromatic rings. The van der Waals surface area contributed by atoms with E-state index in [1.165, 1.54) is 0 Å². The lowest BCUT2D eigenvalue weighted by atomic mass is 10.1. The molecule has 0 atom stereocenters. The van der Waals surface area contributed by atoms with Crippen molar-refractivity contribution in [1.82, 2.24) is 19.4 Å². The SMILES string of the molecule is Cc1cc(C)c2cc(NC(=O)c3ncn4c(C)cc(C)nc34)ccc2n1. The van der Waals surface area contributed by atoms with Crippen LogP contribution in [0.1, 0.15) is 33.1 Å². The van der Waals surface area contributed by atoms with Crippen molar-refractivity contribution in [2.75, 3.05) is 5.32 Å². The number of hydrogen-bond donors (Lipinski definition) is 1. The summed E-state index contributed by atoms with van der Waals surface area (Å²) in [5, 5.41) is 3.95. The lowest BCUT2D eigenvalue weighted by Gasteiger charge is -2.08. The third-order valence-electron chi connectivity index (χ3n) is 4.44. The maximum absolute atomic E-state index is 12.7. The number of nitrogens with zero attached hydrogens (tertiary/aromatic N) is 4. The lowest BCUT2D eigenvalue weighted by Crippen LogP contribution is -2.13. The van der Waals surface area contributed by atoms with Gasteiger partial charge in [0.2, 0.25) is 0 Å². The highest BCUT2D eigenvalue weighted by atomic mass is 16.1. The van der Waals surface area contributed by atoms with Gasteiger partial charge in [-0.1, -0.05) is 0 Å². The first-order valence-corrected chi connectivity index (χ1v) is 8.43. The third kappa shape index (κ3) is 2.69. The van der Waals surface area contributed by atoms with Gasteiger partial charge in [-0.15, -0.1) is 0 Å². The minimum Gasteiger partial charge on any atom is -0.321 e. The summed E-state index contributed by atoms with van der Waals surface area (Å²) in [6.45, 7) is 7.89. The Labute approximate surface area is 150 Å². The average Bonchev–Trinajstić information content (AvgIpc) is 2.99. The van der Waals surface area contributed by atoms with Crippen LogP contribution in [0.25, 0.3) is 16.6 Å². The molecule has 6 nitrogen and oxygen atoms in total. The van der Waals surface area contributed by atoms with Gasteiger partial charge in [0, 0.05) is 28.2 Å². The third-order valence-corrected chi connectivity index (χ3v) is 4.44. The Hall–Kier alpha value is -3.28. The minimum atomic E-state index is -0.276. The summed E-state index contributed by atoms with van der Waals surface area (Å²) in [4.78, 5) is 26.0. The number of nitrogens with one attached hydrogen (secondary N) is 1. The molecule has 0 saturated carbocycles. The van der Waals surface area contributed by atoms with Crippen molar-refractivity contribution in [3.05, 3.63) is 65.0 Å². The minimum absolute atomic E-state index is 0.276. The second kappa shape index (κ2) is 5.91. The zero-order chi connectivity index (χ0) is 18.4. The van der Waals surface area contributed by atoms with Crippen LogP contribution in [-0.4, -0.2) is 25.3 Å². The van der Waals surface area contributed by atoms with Gasteiger partial charge in [0.05, 0.1) is 5.52 Å². The fourth-order valence-electron chi connectivity index (χ4n) is 3.27. The predicted molar refractivity (Wildman–Crippen MR) is 102 cm³/mol. The molecular formula is C20H19N5O. The Morgan fingerprint density at radius 2 is 1.77 bits per heavy atom. The molecule has 1 amide bonds. The molecule has 3 aromatic heterocycles. The molecule has 3 heterocycles. The molecule has 130 valence electrons. The van der Waals surface area contributed by atoms with E-state index in [-0.39, 0.29) is 5.91 Å². The Morgan fingerprint density at radius 1 is 1.00 bits per heavy atom. The Bertz CT molecular complexity index is 1180. The summed E-state index contributed by atoms with van der Waals surface area (Å²) in [5.74, 6) is -0.276. The largest absolute Gasteiger partial charge is 0.321 e. The quantitative estimate of drug-likeness (QED) is 0.600. The molecule has 0 aliphatic heterocycles. The first-order valence-electron chi connectivity index (χ1n) is 8.43. The van der Waals surface area contributed by atoms with Crippen LogP contribution < -0.4 is 5.32 Å². The Morgan fingerprint density at radius 3 is 2.58 bits per heavy atom. The molecule has 26 heavy (non-hydrogen) atoms. The van der Waals surface area contributed by atoms with E-state index in [1.54, 1.807) is 6.33 Å². The van der Waals surface area contributed by atoms with E-state index in [0.29, 0.717) is 17.0 Å². The molecule has 1 aromatic carbocycles. The number of aryl methyl sites for hydroxylation is 4. The highest BCUT2D eigenvalue weighted by Crippen LogP contribution is 2.22. The van der Waals surface area contributed by atoms with Gasteiger partial charge in [0.1, 0.15) is 6.33 Å². The van der Waals surface area contributed by atoms with Gasteiger partial charge >= 0.3 is 0 Å². The van der Waals surface area contributed by atoms with Crippen molar-refractivity contribution < 1.29 is 4.79 Å². The van der Waals surface area contributed by atoms with E-state index in [0.717, 1.165) is 33.5 Å². The van der Waals surface area contributed by atoms with E-state index in [2.05, 4.69) is 20.3 Å². The van der Waals surface area contributed by atoms with Crippen molar-refractivity contribution in [3.8, 4) is 0 Å². The van der Waals surface area contributed by atoms with Crippen LogP contribution in [0.4, 0.5) is 5.69 Å². The number of carbonyl (C=O) groups excluding carboxylic acids is 1. The summed E-state index contributed by atoms with van der Waals surface area (Å²) in [6.07, 6.45) is 1.63. The number of anilines is 1. The Balaban J connectivity index is 1.72. The standard InChI is InChI=1S/C20H19N5O/c1-11-7-12(2)22-17-6-5-15(9-16(11)17)24-20(26)18-19-23-13(3)8-14(4)25(19)10-21-18/h5-10H,1-4H3,(H,24,26). The molecule has 0 spiro atoms. The molecule has 6 heteroatoms. The average molecular weight is 345 g/mol. The van der Waals surface area contributed by atoms with E-state index in [4.69, 9.17) is 0 Å². The van der Waals surface area contributed by atoms with Gasteiger partial charge in [-0.3, -0.25) is 14.2 Å². The lowest BCUT2D eigenvalue weighted by molar-refractivity contribution is 0.102. The topological polar surface area (TPSA) is 72.2 Å². The number of pyridine rings is 1. The van der Waals surface area contributed by atoms with Crippen molar-refractivity contribution in [3.63, 3.8) is 0 Å². The van der Waals surface area contributed by atoms with Gasteiger partial charge in [-0.05, 0) is 63.6 Å². The molecule has 0 aliphatic rings. The highest BCUT2D eigenvalue weighted by Gasteiger charge is 2.16. The molecule has 0 fully saturated rings. The van der Waals surface area contributed by atoms with Crippen molar-refractivity contribution in [1.29, 1.82) is 0 Å². The monoisotopic (exact) mass is 345 g/mol. The number of hydrogen-bond acceptors (Lipinski definition) is 4. The van der Waals surface area contributed by atoms with E-state index in [1.807, 2.05) is 62.4 Å². The summed E-state index contributed by atoms with van der Waals surface area (Å²) >= 11 is 0. The second-order valence-electron chi connectivity index (χ2n) is 6.59. The van der Waals surface area contributed by atoms with Crippen LogP contribution in [0, 0.1) is 27.7 Å². The number of aromatic nitrogens is 4. The number of amides is 1. The second-order valence-corrected chi connectivity index (χ2v) is 6.59. The van der Waals surface area contributed by atoms with Crippen LogP contribution >= 0.6 is 0 Å². The van der Waals surface area contributed by atoms with Crippen LogP contribution in [-0.2, 0) is 0 Å². The van der Waals surface area contributed by atoms with Crippen LogP contribution in [0.3, 0.4) is 0 Å². The highest BCUT2D eigenvalue weighted by molar-refractivity contribution is 6.07. The fourth-order valence-corrected chi connectivity index (χ4v) is 3.27. The number of fused-ring (bicyclic) bond motifs is 2. The molecule has 0 unspecified atom stereocenters. The van der Waals surface area contributed by atoms with Gasteiger partial charge in [0.15, 0.2) is 11.3 Å².